The Labute approximate surface area is 91.2 Å². The average molecular weight is 206 g/mol. The van der Waals surface area contributed by atoms with Crippen LogP contribution >= 0.6 is 0 Å². The van der Waals surface area contributed by atoms with Crippen LogP contribution in [0.25, 0.3) is 0 Å². The van der Waals surface area contributed by atoms with Crippen LogP contribution < -0.4 is 0 Å². The Morgan fingerprint density at radius 2 is 2.00 bits per heavy atom. The van der Waals surface area contributed by atoms with E-state index in [-0.39, 0.29) is 0 Å². The molecule has 0 spiro atoms. The highest BCUT2D eigenvalue weighted by Crippen LogP contribution is 2.27. The van der Waals surface area contributed by atoms with Gasteiger partial charge in [0, 0.05) is 6.61 Å². The first-order chi connectivity index (χ1) is 7.40. The number of ether oxygens (including phenoxy) is 2. The molecule has 2 rings (SSSR count). The lowest BCUT2D eigenvalue weighted by molar-refractivity contribution is 0.113. The van der Waals surface area contributed by atoms with Gasteiger partial charge in [-0.05, 0) is 18.4 Å². The van der Waals surface area contributed by atoms with Crippen LogP contribution in [0, 0.1) is 0 Å². The quantitative estimate of drug-likeness (QED) is 0.527. The molecule has 0 radical (unpaired) electrons. The van der Waals surface area contributed by atoms with Crippen LogP contribution in [0.4, 0.5) is 0 Å². The molecule has 0 bridgehead atoms. The van der Waals surface area contributed by atoms with Crippen molar-refractivity contribution in [2.45, 2.75) is 38.6 Å². The minimum absolute atomic E-state index is 0.464. The van der Waals surface area contributed by atoms with Crippen LogP contribution in [0.2, 0.25) is 0 Å². The van der Waals surface area contributed by atoms with E-state index in [0.717, 1.165) is 19.4 Å². The lowest BCUT2D eigenvalue weighted by atomic mass is 10.2. The molecule has 15 heavy (non-hydrogen) atoms. The zero-order valence-corrected chi connectivity index (χ0v) is 9.19. The van der Waals surface area contributed by atoms with Crippen molar-refractivity contribution >= 4 is 0 Å². The summed E-state index contributed by atoms with van der Waals surface area (Å²) >= 11 is 0. The summed E-state index contributed by atoms with van der Waals surface area (Å²) in [5.41, 5.74) is 1.24. The molecule has 0 N–H and O–H groups in total. The van der Waals surface area contributed by atoms with Crippen molar-refractivity contribution in [3.8, 4) is 0 Å². The first kappa shape index (κ1) is 10.7. The predicted molar refractivity (Wildman–Crippen MR) is 59.7 cm³/mol. The highest BCUT2D eigenvalue weighted by molar-refractivity contribution is 5.13. The summed E-state index contributed by atoms with van der Waals surface area (Å²) in [6.07, 6.45) is 3.13. The van der Waals surface area contributed by atoms with Gasteiger partial charge in [-0.15, -0.1) is 0 Å². The van der Waals surface area contributed by atoms with Gasteiger partial charge in [0.25, 0.3) is 0 Å². The van der Waals surface area contributed by atoms with Gasteiger partial charge in [-0.3, -0.25) is 0 Å². The van der Waals surface area contributed by atoms with Gasteiger partial charge in [0.2, 0.25) is 0 Å². The van der Waals surface area contributed by atoms with Crippen LogP contribution in [0.5, 0.6) is 0 Å². The summed E-state index contributed by atoms with van der Waals surface area (Å²) < 4.78 is 11.0. The van der Waals surface area contributed by atoms with Crippen molar-refractivity contribution < 1.29 is 9.47 Å². The smallest absolute Gasteiger partial charge is 0.0863 e. The summed E-state index contributed by atoms with van der Waals surface area (Å²) in [6, 6.07) is 10.3. The molecule has 1 fully saturated rings. The van der Waals surface area contributed by atoms with Crippen molar-refractivity contribution in [2.24, 2.45) is 0 Å². The van der Waals surface area contributed by atoms with Crippen molar-refractivity contribution in [1.29, 1.82) is 0 Å². The van der Waals surface area contributed by atoms with Gasteiger partial charge in [0.05, 0.1) is 18.8 Å². The first-order valence-electron chi connectivity index (χ1n) is 5.67. The maximum Gasteiger partial charge on any atom is 0.0863 e. The second-order valence-corrected chi connectivity index (χ2v) is 3.95. The van der Waals surface area contributed by atoms with E-state index in [0.29, 0.717) is 18.8 Å². The third-order valence-electron chi connectivity index (χ3n) is 2.75. The topological polar surface area (TPSA) is 21.8 Å². The number of hydrogen-bond donors (Lipinski definition) is 0. The Hall–Kier alpha value is -0.860. The van der Waals surface area contributed by atoms with E-state index < -0.39 is 0 Å². The maximum atomic E-state index is 5.58. The van der Waals surface area contributed by atoms with E-state index in [9.17, 15) is 0 Å². The van der Waals surface area contributed by atoms with Crippen molar-refractivity contribution in [3.63, 3.8) is 0 Å². The summed E-state index contributed by atoms with van der Waals surface area (Å²) in [5.74, 6) is 0. The summed E-state index contributed by atoms with van der Waals surface area (Å²) in [5, 5.41) is 0. The van der Waals surface area contributed by atoms with Crippen LogP contribution in [0.1, 0.15) is 25.3 Å². The highest BCUT2D eigenvalue weighted by atomic mass is 16.6. The van der Waals surface area contributed by atoms with Gasteiger partial charge in [0.15, 0.2) is 0 Å². The molecule has 1 aliphatic rings. The normalized spacial score (nSPS) is 24.1. The molecule has 1 heterocycles. The standard InChI is InChI=1S/C13H18O2/c1-2-12-13(15-12)8-9-14-10-11-6-4-3-5-7-11/h3-7,12-13H,2,8-10H2,1H3/t12-,13+/m1/s1. The fourth-order valence-corrected chi connectivity index (χ4v) is 1.76. The first-order valence-corrected chi connectivity index (χ1v) is 5.67. The zero-order chi connectivity index (χ0) is 10.5. The number of epoxide rings is 1. The molecule has 1 aromatic rings. The molecule has 1 saturated heterocycles. The van der Waals surface area contributed by atoms with E-state index in [4.69, 9.17) is 9.47 Å². The molecule has 0 saturated carbocycles. The Bertz CT molecular complexity index is 284. The van der Waals surface area contributed by atoms with Gasteiger partial charge >= 0.3 is 0 Å². The van der Waals surface area contributed by atoms with Crippen LogP contribution in [-0.2, 0) is 16.1 Å². The maximum absolute atomic E-state index is 5.58. The van der Waals surface area contributed by atoms with E-state index in [1.54, 1.807) is 0 Å². The lowest BCUT2D eigenvalue weighted by Gasteiger charge is -2.02. The molecule has 2 heteroatoms. The van der Waals surface area contributed by atoms with Crippen LogP contribution in [0.15, 0.2) is 30.3 Å². The number of benzene rings is 1. The summed E-state index contributed by atoms with van der Waals surface area (Å²) in [6.45, 7) is 3.68. The SMILES string of the molecule is CC[C@H]1O[C@H]1CCOCc1ccccc1. The lowest BCUT2D eigenvalue weighted by Crippen LogP contribution is -2.01. The van der Waals surface area contributed by atoms with E-state index in [1.807, 2.05) is 18.2 Å². The molecule has 0 unspecified atom stereocenters. The van der Waals surface area contributed by atoms with Gasteiger partial charge in [-0.25, -0.2) is 0 Å². The van der Waals surface area contributed by atoms with E-state index in [1.165, 1.54) is 5.56 Å². The fraction of sp³-hybridized carbons (Fsp3) is 0.538. The third kappa shape index (κ3) is 3.33. The number of hydrogen-bond acceptors (Lipinski definition) is 2. The molecule has 0 amide bonds. The van der Waals surface area contributed by atoms with E-state index >= 15 is 0 Å². The van der Waals surface area contributed by atoms with Crippen molar-refractivity contribution in [1.82, 2.24) is 0 Å². The third-order valence-corrected chi connectivity index (χ3v) is 2.75. The van der Waals surface area contributed by atoms with Crippen LogP contribution in [-0.4, -0.2) is 18.8 Å². The minimum Gasteiger partial charge on any atom is -0.377 e. The van der Waals surface area contributed by atoms with Crippen LogP contribution in [0.3, 0.4) is 0 Å². The van der Waals surface area contributed by atoms with Gasteiger partial charge in [-0.2, -0.15) is 0 Å². The van der Waals surface area contributed by atoms with Gasteiger partial charge in [-0.1, -0.05) is 37.3 Å². The van der Waals surface area contributed by atoms with Gasteiger partial charge in [0.1, 0.15) is 0 Å². The molecule has 0 aromatic heterocycles. The highest BCUT2D eigenvalue weighted by Gasteiger charge is 2.35. The minimum atomic E-state index is 0.464. The van der Waals surface area contributed by atoms with E-state index in [2.05, 4.69) is 19.1 Å². The zero-order valence-electron chi connectivity index (χ0n) is 9.19. The molecule has 0 aliphatic carbocycles. The molecule has 82 valence electrons. The Kier molecular flexibility index (Phi) is 3.75. The Morgan fingerprint density at radius 1 is 1.20 bits per heavy atom. The second kappa shape index (κ2) is 5.29. The van der Waals surface area contributed by atoms with Crippen molar-refractivity contribution in [2.75, 3.05) is 6.61 Å². The largest absolute Gasteiger partial charge is 0.377 e. The second-order valence-electron chi connectivity index (χ2n) is 3.95. The van der Waals surface area contributed by atoms with Crippen molar-refractivity contribution in [3.05, 3.63) is 35.9 Å². The summed E-state index contributed by atoms with van der Waals surface area (Å²) in [4.78, 5) is 0. The molecular formula is C13H18O2. The monoisotopic (exact) mass is 206 g/mol. The summed E-state index contributed by atoms with van der Waals surface area (Å²) in [7, 11) is 0. The molecule has 2 atom stereocenters. The molecule has 1 aliphatic heterocycles. The molecular weight excluding hydrogens is 188 g/mol. The molecule has 1 aromatic carbocycles. The average Bonchev–Trinajstić information content (AvgIpc) is 3.05. The predicted octanol–water partition coefficient (Wildman–Crippen LogP) is 2.77. The van der Waals surface area contributed by atoms with Gasteiger partial charge < -0.3 is 9.47 Å². The number of rotatable bonds is 6. The fourth-order valence-electron chi connectivity index (χ4n) is 1.76. The molecule has 2 nitrogen and oxygen atoms in total. The Balaban J connectivity index is 1.56. The Morgan fingerprint density at radius 3 is 2.67 bits per heavy atom.